The van der Waals surface area contributed by atoms with E-state index >= 15 is 0 Å². The van der Waals surface area contributed by atoms with Crippen LogP contribution in [0, 0.1) is 11.7 Å². The number of carbonyl (C=O) groups excluding carboxylic acids is 2. The molecule has 1 aromatic carbocycles. The van der Waals surface area contributed by atoms with Crippen molar-refractivity contribution in [2.75, 3.05) is 53.9 Å². The SMILES string of the molecule is COC(=O)CCCC(=O)N(CCN(C)C)C[C@H]1CCCN(Cc2ccccc2F)C1. The van der Waals surface area contributed by atoms with E-state index in [9.17, 15) is 14.0 Å². The van der Waals surface area contributed by atoms with Crippen LogP contribution in [0.1, 0.15) is 37.7 Å². The minimum atomic E-state index is -0.279. The van der Waals surface area contributed by atoms with Crippen molar-refractivity contribution in [2.24, 2.45) is 5.92 Å². The molecule has 0 aromatic heterocycles. The van der Waals surface area contributed by atoms with Crippen molar-refractivity contribution >= 4 is 11.9 Å². The summed E-state index contributed by atoms with van der Waals surface area (Å²) in [6, 6.07) is 6.93. The van der Waals surface area contributed by atoms with Crippen LogP contribution in [0.25, 0.3) is 0 Å². The zero-order valence-electron chi connectivity index (χ0n) is 18.6. The molecular weight excluding hydrogens is 385 g/mol. The number of nitrogens with zero attached hydrogens (tertiary/aromatic N) is 3. The van der Waals surface area contributed by atoms with E-state index in [1.807, 2.05) is 31.1 Å². The van der Waals surface area contributed by atoms with Crippen molar-refractivity contribution in [1.82, 2.24) is 14.7 Å². The Morgan fingerprint density at radius 1 is 1.20 bits per heavy atom. The summed E-state index contributed by atoms with van der Waals surface area (Å²) in [5.41, 5.74) is 0.724. The number of halogens is 1. The summed E-state index contributed by atoms with van der Waals surface area (Å²) in [5, 5.41) is 0. The fraction of sp³-hybridized carbons (Fsp3) is 0.652. The number of carbonyl (C=O) groups is 2. The molecule has 0 spiro atoms. The molecule has 30 heavy (non-hydrogen) atoms. The number of amides is 1. The minimum Gasteiger partial charge on any atom is -0.469 e. The summed E-state index contributed by atoms with van der Waals surface area (Å²) in [5.74, 6) is 0.0240. The summed E-state index contributed by atoms with van der Waals surface area (Å²) in [6.07, 6.45) is 3.25. The quantitative estimate of drug-likeness (QED) is 0.515. The van der Waals surface area contributed by atoms with Crippen molar-refractivity contribution in [3.63, 3.8) is 0 Å². The average Bonchev–Trinajstić information content (AvgIpc) is 2.72. The summed E-state index contributed by atoms with van der Waals surface area (Å²) in [4.78, 5) is 30.4. The smallest absolute Gasteiger partial charge is 0.305 e. The number of benzene rings is 1. The Morgan fingerprint density at radius 3 is 2.67 bits per heavy atom. The first-order chi connectivity index (χ1) is 14.4. The largest absolute Gasteiger partial charge is 0.469 e. The highest BCUT2D eigenvalue weighted by atomic mass is 19.1. The minimum absolute atomic E-state index is 0.0898. The maximum atomic E-state index is 14.0. The lowest BCUT2D eigenvalue weighted by Crippen LogP contribution is -2.44. The van der Waals surface area contributed by atoms with E-state index in [0.29, 0.717) is 38.4 Å². The third-order valence-corrected chi connectivity index (χ3v) is 5.60. The summed E-state index contributed by atoms with van der Waals surface area (Å²) in [7, 11) is 5.36. The molecule has 1 saturated heterocycles. The molecule has 7 heteroatoms. The molecule has 0 N–H and O–H groups in total. The number of rotatable bonds is 11. The van der Waals surface area contributed by atoms with E-state index in [2.05, 4.69) is 14.5 Å². The van der Waals surface area contributed by atoms with Gasteiger partial charge in [0.05, 0.1) is 7.11 Å². The molecule has 0 radical (unpaired) electrons. The van der Waals surface area contributed by atoms with Crippen molar-refractivity contribution in [2.45, 2.75) is 38.6 Å². The van der Waals surface area contributed by atoms with Crippen LogP contribution < -0.4 is 0 Å². The Bertz CT molecular complexity index is 683. The van der Waals surface area contributed by atoms with Crippen LogP contribution in [0.2, 0.25) is 0 Å². The number of piperidine rings is 1. The molecule has 1 atom stereocenters. The predicted octanol–water partition coefficient (Wildman–Crippen LogP) is 2.77. The third-order valence-electron chi connectivity index (χ3n) is 5.60. The van der Waals surface area contributed by atoms with Crippen LogP contribution in [0.4, 0.5) is 4.39 Å². The van der Waals surface area contributed by atoms with Crippen LogP contribution in [-0.2, 0) is 20.9 Å². The second-order valence-corrected chi connectivity index (χ2v) is 8.41. The summed E-state index contributed by atoms with van der Waals surface area (Å²) >= 11 is 0. The number of hydrogen-bond donors (Lipinski definition) is 0. The highest BCUT2D eigenvalue weighted by Crippen LogP contribution is 2.21. The molecule has 0 saturated carbocycles. The highest BCUT2D eigenvalue weighted by Gasteiger charge is 2.25. The Labute approximate surface area is 180 Å². The average molecular weight is 422 g/mol. The van der Waals surface area contributed by atoms with Gasteiger partial charge in [-0.15, -0.1) is 0 Å². The van der Waals surface area contributed by atoms with Gasteiger partial charge in [0.2, 0.25) is 5.91 Å². The zero-order valence-corrected chi connectivity index (χ0v) is 18.6. The zero-order chi connectivity index (χ0) is 21.9. The van der Waals surface area contributed by atoms with Gasteiger partial charge in [0.1, 0.15) is 5.82 Å². The van der Waals surface area contributed by atoms with Gasteiger partial charge >= 0.3 is 5.97 Å². The second-order valence-electron chi connectivity index (χ2n) is 8.41. The number of esters is 1. The lowest BCUT2D eigenvalue weighted by atomic mass is 9.96. The molecule has 0 bridgehead atoms. The molecule has 0 aliphatic carbocycles. The normalized spacial score (nSPS) is 17.2. The fourth-order valence-electron chi connectivity index (χ4n) is 3.91. The molecule has 1 aliphatic rings. The van der Waals surface area contributed by atoms with Gasteiger partial charge in [-0.05, 0) is 51.9 Å². The molecule has 1 fully saturated rings. The van der Waals surface area contributed by atoms with Crippen LogP contribution in [0.5, 0.6) is 0 Å². The molecule has 1 amide bonds. The van der Waals surface area contributed by atoms with Gasteiger partial charge in [0.25, 0.3) is 0 Å². The van der Waals surface area contributed by atoms with E-state index in [-0.39, 0.29) is 24.1 Å². The fourth-order valence-corrected chi connectivity index (χ4v) is 3.91. The Balaban J connectivity index is 1.91. The van der Waals surface area contributed by atoms with Crippen LogP contribution in [0.3, 0.4) is 0 Å². The van der Waals surface area contributed by atoms with Gasteiger partial charge in [0.15, 0.2) is 0 Å². The maximum absolute atomic E-state index is 14.0. The third kappa shape index (κ3) is 8.40. The van der Waals surface area contributed by atoms with Crippen molar-refractivity contribution in [1.29, 1.82) is 0 Å². The van der Waals surface area contributed by atoms with Gasteiger partial charge in [-0.1, -0.05) is 18.2 Å². The number of ether oxygens (including phenoxy) is 1. The van der Waals surface area contributed by atoms with Crippen LogP contribution >= 0.6 is 0 Å². The van der Waals surface area contributed by atoms with E-state index in [4.69, 9.17) is 0 Å². The second kappa shape index (κ2) is 12.6. The van der Waals surface area contributed by atoms with E-state index in [1.54, 1.807) is 6.07 Å². The molecule has 1 aliphatic heterocycles. The van der Waals surface area contributed by atoms with Crippen molar-refractivity contribution < 1.29 is 18.7 Å². The molecule has 1 aromatic rings. The number of hydrogen-bond acceptors (Lipinski definition) is 5. The molecular formula is C23H36FN3O3. The van der Waals surface area contributed by atoms with Gasteiger partial charge in [-0.3, -0.25) is 14.5 Å². The first kappa shape index (κ1) is 24.3. The maximum Gasteiger partial charge on any atom is 0.305 e. The summed E-state index contributed by atoms with van der Waals surface area (Å²) < 4.78 is 18.7. The van der Waals surface area contributed by atoms with Gasteiger partial charge in [-0.25, -0.2) is 4.39 Å². The number of likely N-dealkylation sites (N-methyl/N-ethyl adjacent to an activating group) is 1. The van der Waals surface area contributed by atoms with Crippen LogP contribution in [-0.4, -0.2) is 80.5 Å². The standard InChI is InChI=1S/C23H36FN3O3/c1-25(2)14-15-27(22(28)11-6-12-23(29)30-3)17-19-8-7-13-26(16-19)18-20-9-4-5-10-21(20)24/h4-5,9-10,19H,6-8,11-18H2,1-3H3/t19-/m0/s1. The first-order valence-electron chi connectivity index (χ1n) is 10.8. The number of likely N-dealkylation sites (tertiary alicyclic amines) is 1. The lowest BCUT2D eigenvalue weighted by molar-refractivity contribution is -0.141. The monoisotopic (exact) mass is 421 g/mol. The van der Waals surface area contributed by atoms with Gasteiger partial charge < -0.3 is 14.5 Å². The van der Waals surface area contributed by atoms with Gasteiger partial charge in [-0.2, -0.15) is 0 Å². The van der Waals surface area contributed by atoms with Gasteiger partial charge in [0, 0.05) is 51.1 Å². The van der Waals surface area contributed by atoms with E-state index in [0.717, 1.165) is 38.0 Å². The Kier molecular flexibility index (Phi) is 10.2. The molecule has 6 nitrogen and oxygen atoms in total. The summed E-state index contributed by atoms with van der Waals surface area (Å²) in [6.45, 7) is 4.60. The van der Waals surface area contributed by atoms with Crippen molar-refractivity contribution in [3.8, 4) is 0 Å². The van der Waals surface area contributed by atoms with Crippen molar-refractivity contribution in [3.05, 3.63) is 35.6 Å². The molecule has 168 valence electrons. The predicted molar refractivity (Wildman–Crippen MR) is 115 cm³/mol. The highest BCUT2D eigenvalue weighted by molar-refractivity contribution is 5.77. The topological polar surface area (TPSA) is 53.1 Å². The molecule has 0 unspecified atom stereocenters. The van der Waals surface area contributed by atoms with E-state index < -0.39 is 0 Å². The molecule has 2 rings (SSSR count). The van der Waals surface area contributed by atoms with E-state index in [1.165, 1.54) is 13.2 Å². The molecule has 1 heterocycles. The Morgan fingerprint density at radius 2 is 1.97 bits per heavy atom. The first-order valence-corrected chi connectivity index (χ1v) is 10.8. The Hall–Kier alpha value is -1.99. The lowest BCUT2D eigenvalue weighted by Gasteiger charge is -2.36. The number of methoxy groups -OCH3 is 1. The van der Waals surface area contributed by atoms with Crippen LogP contribution in [0.15, 0.2) is 24.3 Å².